The average Bonchev–Trinajstić information content (AvgIpc) is 2.47. The average molecular weight is 276 g/mol. The number of hydrogen-bond acceptors (Lipinski definition) is 3. The van der Waals surface area contributed by atoms with E-state index in [4.69, 9.17) is 0 Å². The Hall–Kier alpha value is -0.900. The molecule has 1 aromatic carbocycles. The van der Waals surface area contributed by atoms with Gasteiger partial charge in [-0.15, -0.1) is 0 Å². The smallest absolute Gasteiger partial charge is 0.0524 e. The van der Waals surface area contributed by atoms with Crippen LogP contribution in [0.5, 0.6) is 0 Å². The van der Waals surface area contributed by atoms with Crippen LogP contribution in [0, 0.1) is 0 Å². The summed E-state index contributed by atoms with van der Waals surface area (Å²) >= 11 is 0. The van der Waals surface area contributed by atoms with E-state index in [0.717, 1.165) is 19.4 Å². The lowest BCUT2D eigenvalue weighted by atomic mass is 10.0. The number of aliphatic hydroxyl groups excluding tert-OH is 1. The number of aliphatic hydroxyl groups is 1. The zero-order valence-electron chi connectivity index (χ0n) is 12.6. The van der Waals surface area contributed by atoms with Gasteiger partial charge in [-0.2, -0.15) is 0 Å². The molecule has 0 radical (unpaired) electrons. The summed E-state index contributed by atoms with van der Waals surface area (Å²) in [7, 11) is 0. The SMILES string of the molecule is CC(O)CCNC1CCN(CCc2ccccc2)CC1. The van der Waals surface area contributed by atoms with Crippen LogP contribution in [0.4, 0.5) is 0 Å². The van der Waals surface area contributed by atoms with Gasteiger partial charge < -0.3 is 15.3 Å². The molecule has 1 aliphatic heterocycles. The maximum Gasteiger partial charge on any atom is 0.0524 e. The molecule has 112 valence electrons. The van der Waals surface area contributed by atoms with Gasteiger partial charge >= 0.3 is 0 Å². The summed E-state index contributed by atoms with van der Waals surface area (Å²) in [6.07, 6.45) is 4.28. The molecule has 20 heavy (non-hydrogen) atoms. The summed E-state index contributed by atoms with van der Waals surface area (Å²) < 4.78 is 0. The van der Waals surface area contributed by atoms with Gasteiger partial charge in [0.2, 0.25) is 0 Å². The molecule has 1 atom stereocenters. The van der Waals surface area contributed by atoms with Crippen molar-refractivity contribution in [3.05, 3.63) is 35.9 Å². The van der Waals surface area contributed by atoms with Crippen LogP contribution in [0.1, 0.15) is 31.7 Å². The van der Waals surface area contributed by atoms with E-state index in [9.17, 15) is 5.11 Å². The Labute approximate surface area is 123 Å². The minimum Gasteiger partial charge on any atom is -0.393 e. The van der Waals surface area contributed by atoms with Crippen LogP contribution in [0.25, 0.3) is 0 Å². The number of hydrogen-bond donors (Lipinski definition) is 2. The molecule has 1 fully saturated rings. The summed E-state index contributed by atoms with van der Waals surface area (Å²) in [5, 5.41) is 12.8. The van der Waals surface area contributed by atoms with Crippen molar-refractivity contribution in [2.24, 2.45) is 0 Å². The largest absolute Gasteiger partial charge is 0.393 e. The highest BCUT2D eigenvalue weighted by Crippen LogP contribution is 2.11. The molecule has 0 saturated carbocycles. The van der Waals surface area contributed by atoms with Crippen LogP contribution >= 0.6 is 0 Å². The fourth-order valence-electron chi connectivity index (χ4n) is 2.79. The lowest BCUT2D eigenvalue weighted by molar-refractivity contribution is 0.171. The number of piperidine rings is 1. The van der Waals surface area contributed by atoms with E-state index in [-0.39, 0.29) is 6.10 Å². The molecule has 2 N–H and O–H groups in total. The Bertz CT molecular complexity index is 359. The van der Waals surface area contributed by atoms with E-state index in [1.165, 1.54) is 38.0 Å². The quantitative estimate of drug-likeness (QED) is 0.800. The predicted octanol–water partition coefficient (Wildman–Crippen LogP) is 2.05. The number of rotatable bonds is 7. The summed E-state index contributed by atoms with van der Waals surface area (Å²) in [6.45, 7) is 6.35. The van der Waals surface area contributed by atoms with Gasteiger partial charge in [0.1, 0.15) is 0 Å². The minimum absolute atomic E-state index is 0.187. The number of nitrogens with zero attached hydrogens (tertiary/aromatic N) is 1. The first-order chi connectivity index (χ1) is 9.74. The normalized spacial score (nSPS) is 19.1. The molecular weight excluding hydrogens is 248 g/mol. The van der Waals surface area contributed by atoms with Crippen LogP contribution in [-0.4, -0.2) is 48.3 Å². The Kier molecular flexibility index (Phi) is 6.51. The first-order valence-corrected chi connectivity index (χ1v) is 7.92. The summed E-state index contributed by atoms with van der Waals surface area (Å²) in [5.74, 6) is 0. The van der Waals surface area contributed by atoms with Gasteiger partial charge in [-0.1, -0.05) is 30.3 Å². The minimum atomic E-state index is -0.187. The van der Waals surface area contributed by atoms with Gasteiger partial charge in [0.15, 0.2) is 0 Å². The van der Waals surface area contributed by atoms with E-state index < -0.39 is 0 Å². The molecule has 1 saturated heterocycles. The predicted molar refractivity (Wildman–Crippen MR) is 83.9 cm³/mol. The standard InChI is InChI=1S/C17H28N2O/c1-15(20)7-11-18-17-9-13-19(14-10-17)12-8-16-5-3-2-4-6-16/h2-6,15,17-18,20H,7-14H2,1H3. The highest BCUT2D eigenvalue weighted by Gasteiger charge is 2.18. The molecule has 1 aliphatic rings. The molecule has 1 heterocycles. The third kappa shape index (κ3) is 5.61. The first-order valence-electron chi connectivity index (χ1n) is 7.92. The summed E-state index contributed by atoms with van der Waals surface area (Å²) in [4.78, 5) is 2.57. The Morgan fingerprint density at radius 2 is 1.95 bits per heavy atom. The number of nitrogens with one attached hydrogen (secondary N) is 1. The molecular formula is C17H28N2O. The van der Waals surface area contributed by atoms with Crippen molar-refractivity contribution in [1.29, 1.82) is 0 Å². The molecule has 1 unspecified atom stereocenters. The summed E-state index contributed by atoms with van der Waals surface area (Å²) in [6, 6.07) is 11.4. The van der Waals surface area contributed by atoms with E-state index in [1.54, 1.807) is 0 Å². The zero-order chi connectivity index (χ0) is 14.2. The van der Waals surface area contributed by atoms with E-state index in [2.05, 4.69) is 40.5 Å². The lowest BCUT2D eigenvalue weighted by Gasteiger charge is -2.32. The van der Waals surface area contributed by atoms with Crippen LogP contribution in [0.15, 0.2) is 30.3 Å². The van der Waals surface area contributed by atoms with Crippen molar-refractivity contribution < 1.29 is 5.11 Å². The van der Waals surface area contributed by atoms with E-state index >= 15 is 0 Å². The molecule has 3 heteroatoms. The van der Waals surface area contributed by atoms with Crippen molar-refractivity contribution >= 4 is 0 Å². The lowest BCUT2D eigenvalue weighted by Crippen LogP contribution is -2.43. The second-order valence-corrected chi connectivity index (χ2v) is 5.94. The van der Waals surface area contributed by atoms with Crippen LogP contribution < -0.4 is 5.32 Å². The van der Waals surface area contributed by atoms with Gasteiger partial charge in [-0.3, -0.25) is 0 Å². The monoisotopic (exact) mass is 276 g/mol. The Morgan fingerprint density at radius 3 is 2.60 bits per heavy atom. The second kappa shape index (κ2) is 8.40. The molecule has 3 nitrogen and oxygen atoms in total. The molecule has 1 aromatic rings. The van der Waals surface area contributed by atoms with Gasteiger partial charge in [0.05, 0.1) is 6.10 Å². The number of likely N-dealkylation sites (tertiary alicyclic amines) is 1. The third-order valence-electron chi connectivity index (χ3n) is 4.14. The van der Waals surface area contributed by atoms with Gasteiger partial charge in [0, 0.05) is 12.6 Å². The van der Waals surface area contributed by atoms with Gasteiger partial charge in [0.25, 0.3) is 0 Å². The van der Waals surface area contributed by atoms with Crippen LogP contribution in [-0.2, 0) is 6.42 Å². The Morgan fingerprint density at radius 1 is 1.25 bits per heavy atom. The Balaban J connectivity index is 1.59. The van der Waals surface area contributed by atoms with Crippen LogP contribution in [0.3, 0.4) is 0 Å². The molecule has 0 bridgehead atoms. The van der Waals surface area contributed by atoms with Crippen molar-refractivity contribution in [3.63, 3.8) is 0 Å². The molecule has 0 aliphatic carbocycles. The molecule has 0 aromatic heterocycles. The topological polar surface area (TPSA) is 35.5 Å². The van der Waals surface area contributed by atoms with Gasteiger partial charge in [-0.25, -0.2) is 0 Å². The van der Waals surface area contributed by atoms with Crippen molar-refractivity contribution in [3.8, 4) is 0 Å². The maximum absolute atomic E-state index is 9.25. The zero-order valence-corrected chi connectivity index (χ0v) is 12.6. The van der Waals surface area contributed by atoms with Crippen LogP contribution in [0.2, 0.25) is 0 Å². The first kappa shape index (κ1) is 15.5. The second-order valence-electron chi connectivity index (χ2n) is 5.94. The van der Waals surface area contributed by atoms with Crippen molar-refractivity contribution in [2.45, 2.75) is 44.8 Å². The van der Waals surface area contributed by atoms with Gasteiger partial charge in [-0.05, 0) is 57.8 Å². The maximum atomic E-state index is 9.25. The fourth-order valence-corrected chi connectivity index (χ4v) is 2.79. The fraction of sp³-hybridized carbons (Fsp3) is 0.647. The molecule has 0 spiro atoms. The van der Waals surface area contributed by atoms with E-state index in [0.29, 0.717) is 6.04 Å². The summed E-state index contributed by atoms with van der Waals surface area (Å²) in [5.41, 5.74) is 1.43. The highest BCUT2D eigenvalue weighted by molar-refractivity contribution is 5.14. The van der Waals surface area contributed by atoms with Crippen molar-refractivity contribution in [2.75, 3.05) is 26.2 Å². The third-order valence-corrected chi connectivity index (χ3v) is 4.14. The highest BCUT2D eigenvalue weighted by atomic mass is 16.3. The number of benzene rings is 1. The van der Waals surface area contributed by atoms with E-state index in [1.807, 2.05) is 6.92 Å². The molecule has 2 rings (SSSR count). The van der Waals surface area contributed by atoms with Crippen molar-refractivity contribution in [1.82, 2.24) is 10.2 Å². The molecule has 0 amide bonds.